The molecule has 0 spiro atoms. The highest BCUT2D eigenvalue weighted by Crippen LogP contribution is 2.21. The molecular weight excluding hydrogens is 186 g/mol. The van der Waals surface area contributed by atoms with E-state index < -0.39 is 6.23 Å². The normalized spacial score (nSPS) is 20.3. The highest BCUT2D eigenvalue weighted by atomic mass is 16.3. The Morgan fingerprint density at radius 1 is 1.13 bits per heavy atom. The van der Waals surface area contributed by atoms with E-state index in [4.69, 9.17) is 0 Å². The zero-order valence-corrected chi connectivity index (χ0v) is 9.01. The summed E-state index contributed by atoms with van der Waals surface area (Å²) < 4.78 is 0. The predicted molar refractivity (Wildman–Crippen MR) is 62.6 cm³/mol. The van der Waals surface area contributed by atoms with E-state index in [1.807, 2.05) is 48.4 Å². The first-order valence-electron chi connectivity index (χ1n) is 5.06. The summed E-state index contributed by atoms with van der Waals surface area (Å²) in [5, 5.41) is 9.80. The highest BCUT2D eigenvalue weighted by Gasteiger charge is 2.14. The number of aliphatic hydroxyl groups excluding tert-OH is 1. The zero-order valence-electron chi connectivity index (χ0n) is 9.01. The molecule has 2 rings (SSSR count). The Balaban J connectivity index is 2.31. The third kappa shape index (κ3) is 2.10. The number of allylic oxidation sites excluding steroid dienone is 2. The van der Waals surface area contributed by atoms with E-state index in [-0.39, 0.29) is 0 Å². The van der Waals surface area contributed by atoms with E-state index in [1.54, 1.807) is 6.08 Å². The van der Waals surface area contributed by atoms with E-state index in [9.17, 15) is 5.11 Å². The molecule has 1 aliphatic heterocycles. The Bertz CT molecular complexity index is 403. The lowest BCUT2D eigenvalue weighted by atomic mass is 10.1. The Hall–Kier alpha value is -1.54. The van der Waals surface area contributed by atoms with Crippen LogP contribution in [0, 0.1) is 6.92 Å². The first-order chi connectivity index (χ1) is 7.16. The second-order valence-electron chi connectivity index (χ2n) is 3.89. The third-order valence-corrected chi connectivity index (χ3v) is 2.49. The molecule has 1 aromatic carbocycles. The minimum atomic E-state index is -0.559. The van der Waals surface area contributed by atoms with Crippen molar-refractivity contribution >= 4 is 5.69 Å². The van der Waals surface area contributed by atoms with Gasteiger partial charge in [-0.25, -0.2) is 0 Å². The molecule has 0 aromatic heterocycles. The summed E-state index contributed by atoms with van der Waals surface area (Å²) in [6, 6.07) is 8.12. The van der Waals surface area contributed by atoms with E-state index in [1.165, 1.54) is 5.56 Å². The molecule has 2 heteroatoms. The van der Waals surface area contributed by atoms with Gasteiger partial charge in [0, 0.05) is 11.9 Å². The van der Waals surface area contributed by atoms with Gasteiger partial charge in [0.1, 0.15) is 6.23 Å². The Morgan fingerprint density at radius 2 is 1.80 bits per heavy atom. The molecular formula is C13H15NO. The SMILES string of the molecule is CC1=CN(c2ccc(C)cc2)C(O)C=C1. The fraction of sp³-hybridized carbons (Fsp3) is 0.231. The van der Waals surface area contributed by atoms with Crippen LogP contribution in [0.4, 0.5) is 5.69 Å². The van der Waals surface area contributed by atoms with Gasteiger partial charge in [0.05, 0.1) is 0 Å². The molecule has 1 aromatic rings. The molecule has 1 heterocycles. The summed E-state index contributed by atoms with van der Waals surface area (Å²) in [5.41, 5.74) is 3.37. The molecule has 0 saturated heterocycles. The Kier molecular flexibility index (Phi) is 2.60. The van der Waals surface area contributed by atoms with Crippen LogP contribution in [0.15, 0.2) is 48.2 Å². The van der Waals surface area contributed by atoms with Crippen LogP contribution in [0.3, 0.4) is 0 Å². The van der Waals surface area contributed by atoms with Crippen LogP contribution in [0.25, 0.3) is 0 Å². The van der Waals surface area contributed by atoms with Gasteiger partial charge >= 0.3 is 0 Å². The number of anilines is 1. The van der Waals surface area contributed by atoms with Gasteiger partial charge in [-0.05, 0) is 37.6 Å². The number of rotatable bonds is 1. The monoisotopic (exact) mass is 201 g/mol. The fourth-order valence-corrected chi connectivity index (χ4v) is 1.61. The van der Waals surface area contributed by atoms with Crippen LogP contribution < -0.4 is 4.90 Å². The van der Waals surface area contributed by atoms with Crippen molar-refractivity contribution < 1.29 is 5.11 Å². The van der Waals surface area contributed by atoms with Crippen LogP contribution in [-0.4, -0.2) is 11.3 Å². The minimum Gasteiger partial charge on any atom is -0.370 e. The van der Waals surface area contributed by atoms with Crippen molar-refractivity contribution in [3.63, 3.8) is 0 Å². The number of aliphatic hydroxyl groups is 1. The van der Waals surface area contributed by atoms with Gasteiger partial charge < -0.3 is 10.0 Å². The summed E-state index contributed by atoms with van der Waals surface area (Å²) >= 11 is 0. The van der Waals surface area contributed by atoms with Crippen molar-refractivity contribution in [2.24, 2.45) is 0 Å². The lowest BCUT2D eigenvalue weighted by Crippen LogP contribution is -2.30. The first kappa shape index (κ1) is 9.99. The largest absolute Gasteiger partial charge is 0.370 e. The van der Waals surface area contributed by atoms with Gasteiger partial charge in [-0.3, -0.25) is 0 Å². The molecule has 0 fully saturated rings. The molecule has 0 aliphatic carbocycles. The Labute approximate surface area is 90.2 Å². The molecule has 1 atom stereocenters. The summed E-state index contributed by atoms with van der Waals surface area (Å²) in [6.45, 7) is 4.07. The van der Waals surface area contributed by atoms with Crippen molar-refractivity contribution in [3.05, 3.63) is 53.8 Å². The van der Waals surface area contributed by atoms with Gasteiger partial charge in [-0.1, -0.05) is 23.8 Å². The molecule has 0 saturated carbocycles. The number of hydrogen-bond acceptors (Lipinski definition) is 2. The molecule has 78 valence electrons. The van der Waals surface area contributed by atoms with Gasteiger partial charge in [-0.15, -0.1) is 0 Å². The number of aryl methyl sites for hydroxylation is 1. The van der Waals surface area contributed by atoms with Gasteiger partial charge in [0.15, 0.2) is 0 Å². The smallest absolute Gasteiger partial charge is 0.150 e. The quantitative estimate of drug-likeness (QED) is 0.755. The second kappa shape index (κ2) is 3.91. The molecule has 2 nitrogen and oxygen atoms in total. The van der Waals surface area contributed by atoms with Crippen molar-refractivity contribution in [2.75, 3.05) is 4.90 Å². The summed E-state index contributed by atoms with van der Waals surface area (Å²) in [6.07, 6.45) is 5.11. The average Bonchev–Trinajstić information content (AvgIpc) is 2.23. The first-order valence-corrected chi connectivity index (χ1v) is 5.06. The van der Waals surface area contributed by atoms with Gasteiger partial charge in [-0.2, -0.15) is 0 Å². The van der Waals surface area contributed by atoms with Crippen LogP contribution >= 0.6 is 0 Å². The predicted octanol–water partition coefficient (Wildman–Crippen LogP) is 2.59. The van der Waals surface area contributed by atoms with Crippen molar-refractivity contribution in [3.8, 4) is 0 Å². The van der Waals surface area contributed by atoms with Gasteiger partial charge in [0.2, 0.25) is 0 Å². The molecule has 1 unspecified atom stereocenters. The zero-order chi connectivity index (χ0) is 10.8. The summed E-state index contributed by atoms with van der Waals surface area (Å²) in [7, 11) is 0. The van der Waals surface area contributed by atoms with Crippen molar-refractivity contribution in [1.29, 1.82) is 0 Å². The highest BCUT2D eigenvalue weighted by molar-refractivity contribution is 5.54. The molecule has 15 heavy (non-hydrogen) atoms. The number of benzene rings is 1. The summed E-state index contributed by atoms with van der Waals surface area (Å²) in [4.78, 5) is 1.86. The summed E-state index contributed by atoms with van der Waals surface area (Å²) in [5.74, 6) is 0. The lowest BCUT2D eigenvalue weighted by molar-refractivity contribution is 0.226. The maximum Gasteiger partial charge on any atom is 0.150 e. The van der Waals surface area contributed by atoms with E-state index in [0.717, 1.165) is 11.3 Å². The topological polar surface area (TPSA) is 23.5 Å². The fourth-order valence-electron chi connectivity index (χ4n) is 1.61. The molecule has 0 amide bonds. The van der Waals surface area contributed by atoms with E-state index >= 15 is 0 Å². The standard InChI is InChI=1S/C13H15NO/c1-10-3-6-12(7-4-10)14-9-11(2)5-8-13(14)15/h3-9,13,15H,1-2H3. The molecule has 0 bridgehead atoms. The van der Waals surface area contributed by atoms with Crippen LogP contribution in [0.1, 0.15) is 12.5 Å². The van der Waals surface area contributed by atoms with Crippen molar-refractivity contribution in [2.45, 2.75) is 20.1 Å². The molecule has 0 radical (unpaired) electrons. The average molecular weight is 201 g/mol. The Morgan fingerprint density at radius 3 is 2.47 bits per heavy atom. The molecule has 1 N–H and O–H groups in total. The van der Waals surface area contributed by atoms with Crippen LogP contribution in [-0.2, 0) is 0 Å². The number of hydrogen-bond donors (Lipinski definition) is 1. The van der Waals surface area contributed by atoms with E-state index in [2.05, 4.69) is 6.92 Å². The maximum absolute atomic E-state index is 9.80. The van der Waals surface area contributed by atoms with Gasteiger partial charge in [0.25, 0.3) is 0 Å². The minimum absolute atomic E-state index is 0.559. The maximum atomic E-state index is 9.80. The number of nitrogens with zero attached hydrogens (tertiary/aromatic N) is 1. The van der Waals surface area contributed by atoms with Crippen LogP contribution in [0.2, 0.25) is 0 Å². The third-order valence-electron chi connectivity index (χ3n) is 2.49. The molecule has 1 aliphatic rings. The van der Waals surface area contributed by atoms with Crippen molar-refractivity contribution in [1.82, 2.24) is 0 Å². The lowest BCUT2D eigenvalue weighted by Gasteiger charge is -2.27. The second-order valence-corrected chi connectivity index (χ2v) is 3.89. The van der Waals surface area contributed by atoms with E-state index in [0.29, 0.717) is 0 Å². The van der Waals surface area contributed by atoms with Crippen LogP contribution in [0.5, 0.6) is 0 Å².